The molecule has 31 heavy (non-hydrogen) atoms. The van der Waals surface area contributed by atoms with Crippen LogP contribution < -0.4 is 9.47 Å². The lowest BCUT2D eigenvalue weighted by Crippen LogP contribution is -2.46. The van der Waals surface area contributed by atoms with Crippen molar-refractivity contribution in [3.8, 4) is 11.6 Å². The Morgan fingerprint density at radius 3 is 2.61 bits per heavy atom. The number of benzene rings is 1. The standard InChI is InChI=1S/C24H31FN2O4/c1-5-29-22-21(7-6-13-26-22)30-16-18-15-27(23(28)31-24(2,3)4)14-12-20(18)17-8-10-19(25)11-9-17/h6-11,13,18,20H,5,12,14-16H2,1-4H3/t18-,20-/m1/s1. The molecule has 1 aliphatic rings. The zero-order chi connectivity index (χ0) is 22.4. The van der Waals surface area contributed by atoms with E-state index in [2.05, 4.69) is 4.98 Å². The van der Waals surface area contributed by atoms with Crippen molar-refractivity contribution in [1.29, 1.82) is 0 Å². The van der Waals surface area contributed by atoms with E-state index in [4.69, 9.17) is 14.2 Å². The average molecular weight is 431 g/mol. The highest BCUT2D eigenvalue weighted by atomic mass is 19.1. The SMILES string of the molecule is CCOc1ncccc1OC[C@H]1CN(C(=O)OC(C)(C)C)CC[C@@H]1c1ccc(F)cc1. The Bertz CT molecular complexity index is 867. The molecule has 1 aromatic carbocycles. The van der Waals surface area contributed by atoms with E-state index >= 15 is 0 Å². The highest BCUT2D eigenvalue weighted by Gasteiger charge is 2.35. The first kappa shape index (κ1) is 22.8. The summed E-state index contributed by atoms with van der Waals surface area (Å²) in [6.07, 6.45) is 2.07. The summed E-state index contributed by atoms with van der Waals surface area (Å²) in [6.45, 7) is 9.38. The molecule has 0 unspecified atom stereocenters. The van der Waals surface area contributed by atoms with Crippen LogP contribution >= 0.6 is 0 Å². The Morgan fingerprint density at radius 1 is 1.19 bits per heavy atom. The number of aromatic nitrogens is 1. The minimum Gasteiger partial charge on any atom is -0.488 e. The number of hydrogen-bond donors (Lipinski definition) is 0. The van der Waals surface area contributed by atoms with Gasteiger partial charge in [0.1, 0.15) is 11.4 Å². The summed E-state index contributed by atoms with van der Waals surface area (Å²) in [4.78, 5) is 18.6. The van der Waals surface area contributed by atoms with Crippen molar-refractivity contribution < 1.29 is 23.4 Å². The van der Waals surface area contributed by atoms with E-state index in [0.717, 1.165) is 12.0 Å². The maximum Gasteiger partial charge on any atom is 0.410 e. The fourth-order valence-corrected chi connectivity index (χ4v) is 3.77. The van der Waals surface area contributed by atoms with E-state index in [9.17, 15) is 9.18 Å². The van der Waals surface area contributed by atoms with Crippen LogP contribution in [0.15, 0.2) is 42.6 Å². The molecule has 3 rings (SSSR count). The van der Waals surface area contributed by atoms with Gasteiger partial charge in [0, 0.05) is 25.2 Å². The zero-order valence-corrected chi connectivity index (χ0v) is 18.6. The predicted molar refractivity (Wildman–Crippen MR) is 116 cm³/mol. The molecule has 1 amide bonds. The minimum absolute atomic E-state index is 0.00131. The molecule has 6 nitrogen and oxygen atoms in total. The van der Waals surface area contributed by atoms with E-state index in [0.29, 0.717) is 37.9 Å². The Balaban J connectivity index is 1.77. The number of nitrogens with zero attached hydrogens (tertiary/aromatic N) is 2. The van der Waals surface area contributed by atoms with Crippen molar-refractivity contribution in [1.82, 2.24) is 9.88 Å². The summed E-state index contributed by atoms with van der Waals surface area (Å²) in [5.41, 5.74) is 0.481. The van der Waals surface area contributed by atoms with Crippen LogP contribution in [0.25, 0.3) is 0 Å². The van der Waals surface area contributed by atoms with Crippen LogP contribution in [0.1, 0.15) is 45.6 Å². The van der Waals surface area contributed by atoms with Crippen molar-refractivity contribution >= 4 is 6.09 Å². The van der Waals surface area contributed by atoms with Crippen molar-refractivity contribution in [3.05, 3.63) is 54.0 Å². The van der Waals surface area contributed by atoms with Gasteiger partial charge < -0.3 is 19.1 Å². The third-order valence-electron chi connectivity index (χ3n) is 5.15. The van der Waals surface area contributed by atoms with Crippen LogP contribution in [0, 0.1) is 11.7 Å². The van der Waals surface area contributed by atoms with E-state index in [1.54, 1.807) is 17.2 Å². The molecule has 1 fully saturated rings. The van der Waals surface area contributed by atoms with Crippen molar-refractivity contribution in [2.45, 2.75) is 45.6 Å². The molecule has 1 aliphatic heterocycles. The first-order valence-electron chi connectivity index (χ1n) is 10.7. The first-order valence-corrected chi connectivity index (χ1v) is 10.7. The zero-order valence-electron chi connectivity index (χ0n) is 18.6. The Hall–Kier alpha value is -2.83. The second-order valence-corrected chi connectivity index (χ2v) is 8.68. The number of carbonyl (C=O) groups excluding carboxylic acids is 1. The smallest absolute Gasteiger partial charge is 0.410 e. The monoisotopic (exact) mass is 430 g/mol. The Morgan fingerprint density at radius 2 is 1.94 bits per heavy atom. The number of ether oxygens (including phenoxy) is 3. The van der Waals surface area contributed by atoms with Gasteiger partial charge in [0.2, 0.25) is 0 Å². The normalized spacial score (nSPS) is 19.1. The largest absolute Gasteiger partial charge is 0.488 e. The maximum absolute atomic E-state index is 13.4. The van der Waals surface area contributed by atoms with Gasteiger partial charge in [-0.2, -0.15) is 0 Å². The summed E-state index contributed by atoms with van der Waals surface area (Å²) in [6, 6.07) is 10.2. The molecule has 2 aromatic rings. The number of carbonyl (C=O) groups is 1. The van der Waals surface area contributed by atoms with Gasteiger partial charge in [-0.3, -0.25) is 0 Å². The van der Waals surface area contributed by atoms with Crippen LogP contribution in [0.2, 0.25) is 0 Å². The first-order chi connectivity index (χ1) is 14.8. The van der Waals surface area contributed by atoms with Gasteiger partial charge in [-0.05, 0) is 69.9 Å². The number of hydrogen-bond acceptors (Lipinski definition) is 5. The fourth-order valence-electron chi connectivity index (χ4n) is 3.77. The molecule has 0 radical (unpaired) electrons. The van der Waals surface area contributed by atoms with Crippen LogP contribution in [0.4, 0.5) is 9.18 Å². The van der Waals surface area contributed by atoms with Crippen LogP contribution in [0.3, 0.4) is 0 Å². The summed E-state index contributed by atoms with van der Waals surface area (Å²) < 4.78 is 30.7. The van der Waals surface area contributed by atoms with E-state index in [1.807, 2.05) is 45.9 Å². The maximum atomic E-state index is 13.4. The van der Waals surface area contributed by atoms with E-state index in [1.165, 1.54) is 12.1 Å². The molecule has 1 aromatic heterocycles. The molecule has 1 saturated heterocycles. The Labute approximate surface area is 183 Å². The van der Waals surface area contributed by atoms with Gasteiger partial charge in [0.25, 0.3) is 5.88 Å². The number of pyridine rings is 1. The third kappa shape index (κ3) is 6.32. The molecular weight excluding hydrogens is 399 g/mol. The molecule has 2 heterocycles. The average Bonchev–Trinajstić information content (AvgIpc) is 2.72. The molecular formula is C24H31FN2O4. The number of amides is 1. The molecule has 2 atom stereocenters. The van der Waals surface area contributed by atoms with Gasteiger partial charge in [-0.15, -0.1) is 0 Å². The quantitative estimate of drug-likeness (QED) is 0.643. The molecule has 0 spiro atoms. The highest BCUT2D eigenvalue weighted by molar-refractivity contribution is 5.68. The fraction of sp³-hybridized carbons (Fsp3) is 0.500. The summed E-state index contributed by atoms with van der Waals surface area (Å²) in [5.74, 6) is 0.882. The second-order valence-electron chi connectivity index (χ2n) is 8.68. The van der Waals surface area contributed by atoms with Gasteiger partial charge in [0.15, 0.2) is 5.75 Å². The number of halogens is 1. The van der Waals surface area contributed by atoms with Crippen LogP contribution in [0.5, 0.6) is 11.6 Å². The molecule has 0 bridgehead atoms. The topological polar surface area (TPSA) is 60.9 Å². The van der Waals surface area contributed by atoms with Crippen LogP contribution in [-0.4, -0.2) is 47.9 Å². The molecule has 7 heteroatoms. The van der Waals surface area contributed by atoms with Gasteiger partial charge in [-0.25, -0.2) is 14.2 Å². The summed E-state index contributed by atoms with van der Waals surface area (Å²) in [5, 5.41) is 0. The van der Waals surface area contributed by atoms with Gasteiger partial charge in [-0.1, -0.05) is 12.1 Å². The minimum atomic E-state index is -0.557. The lowest BCUT2D eigenvalue weighted by Gasteiger charge is -2.39. The predicted octanol–water partition coefficient (Wildman–Crippen LogP) is 5.04. The van der Waals surface area contributed by atoms with E-state index < -0.39 is 5.60 Å². The molecule has 0 aliphatic carbocycles. The summed E-state index contributed by atoms with van der Waals surface area (Å²) in [7, 11) is 0. The molecule has 0 saturated carbocycles. The number of piperidine rings is 1. The Kier molecular flexibility index (Phi) is 7.36. The third-order valence-corrected chi connectivity index (χ3v) is 5.15. The number of likely N-dealkylation sites (tertiary alicyclic amines) is 1. The van der Waals surface area contributed by atoms with Crippen molar-refractivity contribution in [2.75, 3.05) is 26.3 Å². The van der Waals surface area contributed by atoms with Crippen molar-refractivity contribution in [3.63, 3.8) is 0 Å². The van der Waals surface area contributed by atoms with Gasteiger partial charge in [0.05, 0.1) is 13.2 Å². The number of rotatable bonds is 6. The highest BCUT2D eigenvalue weighted by Crippen LogP contribution is 2.35. The molecule has 168 valence electrons. The van der Waals surface area contributed by atoms with Gasteiger partial charge >= 0.3 is 6.09 Å². The lowest BCUT2D eigenvalue weighted by molar-refractivity contribution is 0.0110. The second kappa shape index (κ2) is 9.98. The van der Waals surface area contributed by atoms with Crippen LogP contribution in [-0.2, 0) is 4.74 Å². The lowest BCUT2D eigenvalue weighted by atomic mass is 9.81. The van der Waals surface area contributed by atoms with E-state index in [-0.39, 0.29) is 23.7 Å². The summed E-state index contributed by atoms with van der Waals surface area (Å²) >= 11 is 0. The van der Waals surface area contributed by atoms with Crippen molar-refractivity contribution in [2.24, 2.45) is 5.92 Å². The molecule has 0 N–H and O–H groups in total.